The number of carboxylic acid groups (broad SMARTS) is 1. The van der Waals surface area contributed by atoms with E-state index in [1.807, 2.05) is 55.6 Å². The number of benzene rings is 1. The zero-order valence-corrected chi connectivity index (χ0v) is 16.2. The maximum absolute atomic E-state index is 13.1. The topological polar surface area (TPSA) is 95.1 Å². The summed E-state index contributed by atoms with van der Waals surface area (Å²) in [5, 5.41) is 20.6. The molecule has 0 spiro atoms. The van der Waals surface area contributed by atoms with Gasteiger partial charge in [-0.05, 0) is 43.0 Å². The van der Waals surface area contributed by atoms with Crippen molar-refractivity contribution in [3.8, 4) is 0 Å². The van der Waals surface area contributed by atoms with E-state index < -0.39 is 17.5 Å². The summed E-state index contributed by atoms with van der Waals surface area (Å²) < 4.78 is 1.77. The van der Waals surface area contributed by atoms with E-state index in [4.69, 9.17) is 0 Å². The van der Waals surface area contributed by atoms with Crippen molar-refractivity contribution in [2.75, 3.05) is 13.1 Å². The van der Waals surface area contributed by atoms with Crippen LogP contribution in [-0.2, 0) is 11.2 Å². The molecule has 1 amide bonds. The number of fused-ring (bicyclic) bond motifs is 1. The van der Waals surface area contributed by atoms with Gasteiger partial charge in [0.05, 0.1) is 6.10 Å². The van der Waals surface area contributed by atoms with Crippen LogP contribution in [0.25, 0.3) is 5.65 Å². The SMILES string of the molecule is Cc1ccn2cc(C(=O)N3CC[C@@H](O)[C@](Cc4ccccc4)(C(=O)O)C3)nc2c1. The van der Waals surface area contributed by atoms with Gasteiger partial charge in [0, 0.05) is 25.5 Å². The molecular weight excluding hydrogens is 370 g/mol. The summed E-state index contributed by atoms with van der Waals surface area (Å²) in [5.74, 6) is -1.42. The largest absolute Gasteiger partial charge is 0.481 e. The van der Waals surface area contributed by atoms with Crippen molar-refractivity contribution in [2.24, 2.45) is 5.41 Å². The van der Waals surface area contributed by atoms with Gasteiger partial charge in [-0.1, -0.05) is 30.3 Å². The van der Waals surface area contributed by atoms with Gasteiger partial charge in [0.2, 0.25) is 0 Å². The van der Waals surface area contributed by atoms with Crippen molar-refractivity contribution in [1.82, 2.24) is 14.3 Å². The van der Waals surface area contributed by atoms with Gasteiger partial charge in [-0.15, -0.1) is 0 Å². The number of hydrogen-bond donors (Lipinski definition) is 2. The summed E-state index contributed by atoms with van der Waals surface area (Å²) in [6.07, 6.45) is 2.82. The van der Waals surface area contributed by atoms with Crippen LogP contribution >= 0.6 is 0 Å². The Morgan fingerprint density at radius 3 is 2.72 bits per heavy atom. The van der Waals surface area contributed by atoms with Gasteiger partial charge >= 0.3 is 5.97 Å². The van der Waals surface area contributed by atoms with E-state index in [1.165, 1.54) is 4.90 Å². The Morgan fingerprint density at radius 2 is 2.00 bits per heavy atom. The van der Waals surface area contributed by atoms with Gasteiger partial charge in [-0.25, -0.2) is 4.98 Å². The van der Waals surface area contributed by atoms with Crippen LogP contribution in [0.5, 0.6) is 0 Å². The molecule has 150 valence electrons. The van der Waals surface area contributed by atoms with Crippen molar-refractivity contribution >= 4 is 17.5 Å². The molecule has 7 heteroatoms. The number of carbonyl (C=O) groups is 2. The lowest BCUT2D eigenvalue weighted by molar-refractivity contribution is -0.161. The van der Waals surface area contributed by atoms with Crippen molar-refractivity contribution in [3.63, 3.8) is 0 Å². The number of aryl methyl sites for hydroxylation is 1. The van der Waals surface area contributed by atoms with Crippen LogP contribution in [0.15, 0.2) is 54.9 Å². The number of aliphatic carboxylic acids is 1. The summed E-state index contributed by atoms with van der Waals surface area (Å²) in [5.41, 5.74) is 1.33. The minimum Gasteiger partial charge on any atom is -0.481 e. The molecule has 1 fully saturated rings. The number of likely N-dealkylation sites (tertiary alicyclic amines) is 1. The number of aromatic nitrogens is 2. The Balaban J connectivity index is 1.64. The predicted molar refractivity (Wildman–Crippen MR) is 107 cm³/mol. The summed E-state index contributed by atoms with van der Waals surface area (Å²) in [6.45, 7) is 2.17. The highest BCUT2D eigenvalue weighted by molar-refractivity contribution is 5.93. The predicted octanol–water partition coefficient (Wildman–Crippen LogP) is 2.16. The molecule has 2 aromatic heterocycles. The Bertz CT molecular complexity index is 1060. The van der Waals surface area contributed by atoms with Crippen LogP contribution in [0, 0.1) is 12.3 Å². The van der Waals surface area contributed by atoms with E-state index >= 15 is 0 Å². The molecule has 0 unspecified atom stereocenters. The number of rotatable bonds is 4. The second kappa shape index (κ2) is 7.33. The second-order valence-corrected chi connectivity index (χ2v) is 7.75. The quantitative estimate of drug-likeness (QED) is 0.708. The van der Waals surface area contributed by atoms with Gasteiger partial charge in [0.1, 0.15) is 16.8 Å². The standard InChI is InChI=1S/C22H23N3O4/c1-15-7-9-24-13-17(23-19(24)11-15)20(27)25-10-8-18(26)22(14-25,21(28)29)12-16-5-3-2-4-6-16/h2-7,9,11,13,18,26H,8,10,12,14H2,1H3,(H,28,29)/t18-,22-/m1/s1. The molecule has 0 bridgehead atoms. The number of piperidine rings is 1. The van der Waals surface area contributed by atoms with Crippen LogP contribution in [0.4, 0.5) is 0 Å². The van der Waals surface area contributed by atoms with E-state index in [0.29, 0.717) is 5.65 Å². The van der Waals surface area contributed by atoms with Crippen LogP contribution in [0.2, 0.25) is 0 Å². The molecule has 1 saturated heterocycles. The lowest BCUT2D eigenvalue weighted by Crippen LogP contribution is -2.58. The molecular formula is C22H23N3O4. The van der Waals surface area contributed by atoms with E-state index in [1.54, 1.807) is 10.6 Å². The van der Waals surface area contributed by atoms with Crippen LogP contribution in [0.1, 0.15) is 28.0 Å². The van der Waals surface area contributed by atoms with Crippen molar-refractivity contribution in [1.29, 1.82) is 0 Å². The lowest BCUT2D eigenvalue weighted by atomic mass is 9.72. The Hall–Kier alpha value is -3.19. The first kappa shape index (κ1) is 19.1. The first-order valence-corrected chi connectivity index (χ1v) is 9.59. The molecule has 3 aromatic rings. The minimum atomic E-state index is -1.45. The first-order chi connectivity index (χ1) is 13.9. The Morgan fingerprint density at radius 1 is 1.24 bits per heavy atom. The van der Waals surface area contributed by atoms with Crippen molar-refractivity contribution in [3.05, 3.63) is 71.7 Å². The van der Waals surface area contributed by atoms with Gasteiger partial charge in [0.15, 0.2) is 0 Å². The van der Waals surface area contributed by atoms with Gasteiger partial charge in [0.25, 0.3) is 5.91 Å². The normalized spacial score (nSPS) is 22.0. The number of hydrogen-bond acceptors (Lipinski definition) is 4. The average molecular weight is 393 g/mol. The molecule has 2 N–H and O–H groups in total. The van der Waals surface area contributed by atoms with Crippen molar-refractivity contribution in [2.45, 2.75) is 25.9 Å². The number of carbonyl (C=O) groups excluding carboxylic acids is 1. The molecule has 0 saturated carbocycles. The summed E-state index contributed by atoms with van der Waals surface area (Å²) in [7, 11) is 0. The third kappa shape index (κ3) is 3.49. The van der Waals surface area contributed by atoms with E-state index in [-0.39, 0.29) is 37.5 Å². The summed E-state index contributed by atoms with van der Waals surface area (Å²) in [6, 6.07) is 13.0. The molecule has 1 aliphatic rings. The third-order valence-electron chi connectivity index (χ3n) is 5.69. The Labute approximate surface area is 168 Å². The number of carboxylic acids is 1. The monoisotopic (exact) mass is 393 g/mol. The molecule has 7 nitrogen and oxygen atoms in total. The highest BCUT2D eigenvalue weighted by atomic mass is 16.4. The zero-order chi connectivity index (χ0) is 20.6. The van der Waals surface area contributed by atoms with Crippen LogP contribution < -0.4 is 0 Å². The maximum Gasteiger partial charge on any atom is 0.314 e. The molecule has 29 heavy (non-hydrogen) atoms. The van der Waals surface area contributed by atoms with E-state index in [9.17, 15) is 19.8 Å². The fraction of sp³-hybridized carbons (Fsp3) is 0.318. The van der Waals surface area contributed by atoms with Crippen molar-refractivity contribution < 1.29 is 19.8 Å². The molecule has 0 aliphatic carbocycles. The number of nitrogens with zero attached hydrogens (tertiary/aromatic N) is 3. The molecule has 4 rings (SSSR count). The molecule has 1 aromatic carbocycles. The molecule has 1 aliphatic heterocycles. The van der Waals surface area contributed by atoms with Gasteiger partial charge in [-0.2, -0.15) is 0 Å². The van der Waals surface area contributed by atoms with Gasteiger partial charge < -0.3 is 19.5 Å². The fourth-order valence-corrected chi connectivity index (χ4v) is 4.02. The minimum absolute atomic E-state index is 0.0653. The van der Waals surface area contributed by atoms with Gasteiger partial charge in [-0.3, -0.25) is 9.59 Å². The molecule has 0 radical (unpaired) electrons. The first-order valence-electron chi connectivity index (χ1n) is 9.59. The number of aliphatic hydroxyl groups is 1. The zero-order valence-electron chi connectivity index (χ0n) is 16.2. The Kier molecular flexibility index (Phi) is 4.84. The highest BCUT2D eigenvalue weighted by Gasteiger charge is 2.50. The van der Waals surface area contributed by atoms with Crippen LogP contribution in [0.3, 0.4) is 0 Å². The van der Waals surface area contributed by atoms with Crippen LogP contribution in [-0.4, -0.2) is 55.6 Å². The third-order valence-corrected chi connectivity index (χ3v) is 5.69. The number of pyridine rings is 1. The summed E-state index contributed by atoms with van der Waals surface area (Å²) in [4.78, 5) is 31.3. The number of imidazole rings is 1. The molecule has 3 heterocycles. The smallest absolute Gasteiger partial charge is 0.314 e. The maximum atomic E-state index is 13.1. The second-order valence-electron chi connectivity index (χ2n) is 7.75. The number of aliphatic hydroxyl groups excluding tert-OH is 1. The van der Waals surface area contributed by atoms with E-state index in [2.05, 4.69) is 4.98 Å². The molecule has 2 atom stereocenters. The summed E-state index contributed by atoms with van der Waals surface area (Å²) >= 11 is 0. The van der Waals surface area contributed by atoms with E-state index in [0.717, 1.165) is 11.1 Å². The highest BCUT2D eigenvalue weighted by Crippen LogP contribution is 2.35. The lowest BCUT2D eigenvalue weighted by Gasteiger charge is -2.43. The average Bonchev–Trinajstić information content (AvgIpc) is 3.13. The number of amides is 1. The fourth-order valence-electron chi connectivity index (χ4n) is 4.02.